The van der Waals surface area contributed by atoms with Gasteiger partial charge in [0.2, 0.25) is 0 Å². The lowest BCUT2D eigenvalue weighted by Gasteiger charge is -2.16. The molecule has 1 aliphatic heterocycles. The van der Waals surface area contributed by atoms with Crippen LogP contribution in [0, 0.1) is 10.1 Å². The average Bonchev–Trinajstić information content (AvgIpc) is 2.19. The maximum Gasteiger partial charge on any atom is 0.291 e. The summed E-state index contributed by atoms with van der Waals surface area (Å²) in [4.78, 5) is 10.1. The summed E-state index contributed by atoms with van der Waals surface area (Å²) in [5, 5.41) is 10.7. The molecule has 0 saturated carbocycles. The van der Waals surface area contributed by atoms with Gasteiger partial charge < -0.3 is 9.47 Å². The van der Waals surface area contributed by atoms with Crippen molar-refractivity contribution in [2.45, 2.75) is 12.8 Å². The molecule has 0 aliphatic carbocycles. The number of benzene rings is 1. The fourth-order valence-electron chi connectivity index (χ4n) is 1.48. The summed E-state index contributed by atoms with van der Waals surface area (Å²) < 4.78 is 10.8. The molecule has 0 atom stereocenters. The van der Waals surface area contributed by atoms with Gasteiger partial charge in [-0.3, -0.25) is 10.1 Å². The van der Waals surface area contributed by atoms with Crippen LogP contribution in [0.2, 0.25) is 5.02 Å². The molecule has 0 radical (unpaired) electrons. The van der Waals surface area contributed by atoms with E-state index < -0.39 is 4.92 Å². The summed E-state index contributed by atoms with van der Waals surface area (Å²) in [7, 11) is 0. The predicted octanol–water partition coefficient (Wildman–Crippen LogP) is 2.80. The zero-order chi connectivity index (χ0) is 11.5. The largest absolute Gasteiger partial charge is 0.490 e. The Bertz CT molecular complexity index is 422. The summed E-state index contributed by atoms with van der Waals surface area (Å²) in [6, 6.07) is 2.84. The molecule has 1 aliphatic rings. The van der Waals surface area contributed by atoms with Crippen molar-refractivity contribution >= 4 is 17.3 Å². The minimum atomic E-state index is -0.537. The molecule has 0 saturated heterocycles. The lowest BCUT2D eigenvalue weighted by atomic mass is 10.2. The van der Waals surface area contributed by atoms with Crippen molar-refractivity contribution in [3.05, 3.63) is 27.3 Å². The first-order valence-corrected chi connectivity index (χ1v) is 5.30. The van der Waals surface area contributed by atoms with Crippen LogP contribution < -0.4 is 9.47 Å². The molecule has 16 heavy (non-hydrogen) atoms. The van der Waals surface area contributed by atoms with Gasteiger partial charge >= 0.3 is 0 Å². The normalized spacial score (nSPS) is 15.1. The fraction of sp³-hybridized carbons (Fsp3) is 0.400. The molecule has 0 aromatic heterocycles. The highest BCUT2D eigenvalue weighted by Crippen LogP contribution is 2.41. The Labute approximate surface area is 97.1 Å². The van der Waals surface area contributed by atoms with Gasteiger partial charge in [-0.1, -0.05) is 11.6 Å². The predicted molar refractivity (Wildman–Crippen MR) is 58.3 cm³/mol. The van der Waals surface area contributed by atoms with Gasteiger partial charge in [0.05, 0.1) is 18.1 Å². The van der Waals surface area contributed by atoms with Gasteiger partial charge in [-0.05, 0) is 18.9 Å². The van der Waals surface area contributed by atoms with Gasteiger partial charge in [0.1, 0.15) is 0 Å². The van der Waals surface area contributed by atoms with E-state index in [0.29, 0.717) is 19.0 Å². The number of ether oxygens (including phenoxy) is 2. The number of rotatable bonds is 1. The van der Waals surface area contributed by atoms with E-state index in [4.69, 9.17) is 21.1 Å². The number of halogens is 1. The van der Waals surface area contributed by atoms with Gasteiger partial charge in [0.25, 0.3) is 5.69 Å². The molecule has 0 unspecified atom stereocenters. The SMILES string of the molecule is O=[N+]([O-])c1ccc2c(c1Cl)OCCCCO2. The van der Waals surface area contributed by atoms with Crippen LogP contribution in [0.5, 0.6) is 11.5 Å². The van der Waals surface area contributed by atoms with Gasteiger partial charge in [0, 0.05) is 6.07 Å². The highest BCUT2D eigenvalue weighted by atomic mass is 35.5. The van der Waals surface area contributed by atoms with E-state index in [2.05, 4.69) is 0 Å². The fourth-order valence-corrected chi connectivity index (χ4v) is 1.76. The first kappa shape index (κ1) is 11.0. The topological polar surface area (TPSA) is 61.6 Å². The van der Waals surface area contributed by atoms with Crippen LogP contribution in [-0.2, 0) is 0 Å². The van der Waals surface area contributed by atoms with Crippen LogP contribution in [-0.4, -0.2) is 18.1 Å². The third-order valence-corrected chi connectivity index (χ3v) is 2.65. The molecule has 0 bridgehead atoms. The number of nitro benzene ring substituents is 1. The summed E-state index contributed by atoms with van der Waals surface area (Å²) in [5.74, 6) is 0.742. The van der Waals surface area contributed by atoms with Crippen LogP contribution in [0.25, 0.3) is 0 Å². The van der Waals surface area contributed by atoms with E-state index in [1.54, 1.807) is 0 Å². The molecule has 1 aromatic carbocycles. The lowest BCUT2D eigenvalue weighted by molar-refractivity contribution is -0.384. The monoisotopic (exact) mass is 243 g/mol. The van der Waals surface area contributed by atoms with Crippen LogP contribution in [0.4, 0.5) is 5.69 Å². The molecular weight excluding hydrogens is 234 g/mol. The molecular formula is C10H10ClNO4. The highest BCUT2D eigenvalue weighted by Gasteiger charge is 2.22. The Balaban J connectivity index is 2.44. The number of nitro groups is 1. The standard InChI is InChI=1S/C10H10ClNO4/c11-9-7(12(13)14)3-4-8-10(9)16-6-2-1-5-15-8/h3-4H,1-2,5-6H2. The second-order valence-electron chi connectivity index (χ2n) is 3.39. The third-order valence-electron chi connectivity index (χ3n) is 2.28. The van der Waals surface area contributed by atoms with Crippen LogP contribution in [0.3, 0.4) is 0 Å². The maximum absolute atomic E-state index is 10.7. The van der Waals surface area contributed by atoms with Gasteiger partial charge in [0.15, 0.2) is 16.5 Å². The number of hydrogen-bond acceptors (Lipinski definition) is 4. The van der Waals surface area contributed by atoms with Crippen molar-refractivity contribution in [1.29, 1.82) is 0 Å². The van der Waals surface area contributed by atoms with Crippen LogP contribution in [0.15, 0.2) is 12.1 Å². The third kappa shape index (κ3) is 2.04. The first-order valence-electron chi connectivity index (χ1n) is 4.92. The van der Waals surface area contributed by atoms with E-state index in [9.17, 15) is 10.1 Å². The summed E-state index contributed by atoms with van der Waals surface area (Å²) in [5.41, 5.74) is -0.162. The lowest BCUT2D eigenvalue weighted by Crippen LogP contribution is -2.09. The van der Waals surface area contributed by atoms with Crippen LogP contribution >= 0.6 is 11.6 Å². The first-order chi connectivity index (χ1) is 7.70. The van der Waals surface area contributed by atoms with Gasteiger partial charge in [-0.25, -0.2) is 0 Å². The molecule has 0 fully saturated rings. The molecule has 1 heterocycles. The van der Waals surface area contributed by atoms with E-state index in [0.717, 1.165) is 12.8 Å². The maximum atomic E-state index is 10.7. The molecule has 6 heteroatoms. The number of fused-ring (bicyclic) bond motifs is 1. The molecule has 2 rings (SSSR count). The van der Waals surface area contributed by atoms with Crippen molar-refractivity contribution in [3.63, 3.8) is 0 Å². The summed E-state index contributed by atoms with van der Waals surface area (Å²) in [6.07, 6.45) is 1.74. The van der Waals surface area contributed by atoms with E-state index in [-0.39, 0.29) is 16.5 Å². The van der Waals surface area contributed by atoms with Crippen molar-refractivity contribution < 1.29 is 14.4 Å². The van der Waals surface area contributed by atoms with Crippen molar-refractivity contribution in [3.8, 4) is 11.5 Å². The molecule has 86 valence electrons. The smallest absolute Gasteiger partial charge is 0.291 e. The Morgan fingerprint density at radius 2 is 1.94 bits per heavy atom. The second-order valence-corrected chi connectivity index (χ2v) is 3.77. The van der Waals surface area contributed by atoms with E-state index >= 15 is 0 Å². The second kappa shape index (κ2) is 4.57. The van der Waals surface area contributed by atoms with E-state index in [1.807, 2.05) is 0 Å². The van der Waals surface area contributed by atoms with Crippen LogP contribution in [0.1, 0.15) is 12.8 Å². The minimum absolute atomic E-state index is 0.00407. The number of nitrogens with zero attached hydrogens (tertiary/aromatic N) is 1. The highest BCUT2D eigenvalue weighted by molar-refractivity contribution is 6.34. The van der Waals surface area contributed by atoms with Crippen molar-refractivity contribution in [2.75, 3.05) is 13.2 Å². The minimum Gasteiger partial charge on any atom is -0.490 e. The van der Waals surface area contributed by atoms with Crippen molar-refractivity contribution in [2.24, 2.45) is 0 Å². The Kier molecular flexibility index (Phi) is 3.14. The van der Waals surface area contributed by atoms with Gasteiger partial charge in [-0.2, -0.15) is 0 Å². The Morgan fingerprint density at radius 3 is 2.62 bits per heavy atom. The van der Waals surface area contributed by atoms with Gasteiger partial charge in [-0.15, -0.1) is 0 Å². The Morgan fingerprint density at radius 1 is 1.25 bits per heavy atom. The Hall–Kier alpha value is -1.49. The number of hydrogen-bond donors (Lipinski definition) is 0. The quantitative estimate of drug-likeness (QED) is 0.562. The van der Waals surface area contributed by atoms with Crippen molar-refractivity contribution in [1.82, 2.24) is 0 Å². The molecule has 0 spiro atoms. The summed E-state index contributed by atoms with van der Waals surface area (Å²) >= 11 is 5.90. The average molecular weight is 244 g/mol. The molecule has 0 amide bonds. The molecule has 5 nitrogen and oxygen atoms in total. The van der Waals surface area contributed by atoms with E-state index in [1.165, 1.54) is 12.1 Å². The molecule has 1 aromatic rings. The zero-order valence-electron chi connectivity index (χ0n) is 8.44. The molecule has 0 N–H and O–H groups in total. The zero-order valence-corrected chi connectivity index (χ0v) is 9.20. The summed E-state index contributed by atoms with van der Waals surface area (Å²) in [6.45, 7) is 1.07.